The first-order valence-electron chi connectivity index (χ1n) is 7.57. The summed E-state index contributed by atoms with van der Waals surface area (Å²) in [6.07, 6.45) is 6.59. The molecule has 1 saturated carbocycles. The zero-order chi connectivity index (χ0) is 14.9. The summed E-state index contributed by atoms with van der Waals surface area (Å²) in [5.74, 6) is 0.472. The fourth-order valence-electron chi connectivity index (χ4n) is 2.87. The van der Waals surface area contributed by atoms with Crippen molar-refractivity contribution >= 4 is 15.9 Å². The molecule has 0 spiro atoms. The van der Waals surface area contributed by atoms with Crippen LogP contribution in [0.3, 0.4) is 0 Å². The number of benzene rings is 1. The van der Waals surface area contributed by atoms with E-state index in [1.165, 1.54) is 24.8 Å². The molecule has 0 bridgehead atoms. The van der Waals surface area contributed by atoms with E-state index in [0.717, 1.165) is 6.42 Å². The van der Waals surface area contributed by atoms with Crippen molar-refractivity contribution in [3.63, 3.8) is 0 Å². The number of alkyl halides is 1. The van der Waals surface area contributed by atoms with Gasteiger partial charge in [0.15, 0.2) is 6.29 Å². The standard InChI is InChI=1S/C18H23BrO2/c1-2-3-13-20-18(14-19)21-17-12-8-7-11-16(17)15-9-5-4-6-10-15/h3-6,9-10,16-18H,1,7-8,11-14H2/t16-,17+,18-/m0/s1. The molecule has 1 aromatic carbocycles. The van der Waals surface area contributed by atoms with Gasteiger partial charge in [-0.05, 0) is 24.5 Å². The van der Waals surface area contributed by atoms with Gasteiger partial charge in [0.1, 0.15) is 0 Å². The van der Waals surface area contributed by atoms with Crippen LogP contribution in [0, 0.1) is 0 Å². The third-order valence-corrected chi connectivity index (χ3v) is 4.42. The molecule has 2 nitrogen and oxygen atoms in total. The minimum absolute atomic E-state index is 0.219. The summed E-state index contributed by atoms with van der Waals surface area (Å²) < 4.78 is 11.9. The van der Waals surface area contributed by atoms with E-state index in [2.05, 4.69) is 58.6 Å². The van der Waals surface area contributed by atoms with Crippen LogP contribution in [-0.4, -0.2) is 24.3 Å². The molecule has 1 aromatic rings. The summed E-state index contributed by atoms with van der Waals surface area (Å²) in [4.78, 5) is 0. The van der Waals surface area contributed by atoms with Crippen molar-refractivity contribution in [2.75, 3.05) is 11.9 Å². The lowest BCUT2D eigenvalue weighted by molar-refractivity contribution is -0.161. The number of hydrogen-bond donors (Lipinski definition) is 0. The molecule has 1 fully saturated rings. The Morgan fingerprint density at radius 1 is 1.29 bits per heavy atom. The van der Waals surface area contributed by atoms with Crippen LogP contribution in [0.2, 0.25) is 0 Å². The summed E-state index contributed by atoms with van der Waals surface area (Å²) in [6, 6.07) is 10.7. The van der Waals surface area contributed by atoms with E-state index in [4.69, 9.17) is 9.47 Å². The second kappa shape index (κ2) is 9.22. The molecule has 0 saturated heterocycles. The highest BCUT2D eigenvalue weighted by Crippen LogP contribution is 2.35. The highest BCUT2D eigenvalue weighted by molar-refractivity contribution is 9.09. The molecule has 21 heavy (non-hydrogen) atoms. The van der Waals surface area contributed by atoms with Crippen molar-refractivity contribution in [1.29, 1.82) is 0 Å². The van der Waals surface area contributed by atoms with Crippen molar-refractivity contribution in [2.24, 2.45) is 0 Å². The maximum Gasteiger partial charge on any atom is 0.168 e. The van der Waals surface area contributed by atoms with Crippen LogP contribution in [0.15, 0.2) is 48.7 Å². The third kappa shape index (κ3) is 5.12. The van der Waals surface area contributed by atoms with Crippen LogP contribution < -0.4 is 0 Å². The molecule has 2 rings (SSSR count). The van der Waals surface area contributed by atoms with E-state index >= 15 is 0 Å². The van der Waals surface area contributed by atoms with Gasteiger partial charge in [-0.15, -0.1) is 5.73 Å². The molecule has 0 aliphatic heterocycles. The van der Waals surface area contributed by atoms with Gasteiger partial charge in [-0.25, -0.2) is 0 Å². The average molecular weight is 351 g/mol. The first-order chi connectivity index (χ1) is 10.3. The first kappa shape index (κ1) is 16.5. The summed E-state index contributed by atoms with van der Waals surface area (Å²) in [6.45, 7) is 4.03. The van der Waals surface area contributed by atoms with Gasteiger partial charge in [-0.2, -0.15) is 0 Å². The second-order valence-electron chi connectivity index (χ2n) is 5.30. The Labute approximate surface area is 136 Å². The molecule has 0 radical (unpaired) electrons. The molecule has 114 valence electrons. The van der Waals surface area contributed by atoms with E-state index in [1.54, 1.807) is 6.08 Å². The van der Waals surface area contributed by atoms with E-state index in [-0.39, 0.29) is 12.4 Å². The largest absolute Gasteiger partial charge is 0.348 e. The van der Waals surface area contributed by atoms with Crippen LogP contribution in [-0.2, 0) is 9.47 Å². The third-order valence-electron chi connectivity index (χ3n) is 3.89. The molecule has 1 aliphatic carbocycles. The van der Waals surface area contributed by atoms with Crippen molar-refractivity contribution < 1.29 is 9.47 Å². The second-order valence-corrected chi connectivity index (χ2v) is 5.95. The van der Waals surface area contributed by atoms with E-state index in [1.807, 2.05) is 0 Å². The normalized spacial score (nSPS) is 23.3. The van der Waals surface area contributed by atoms with Gasteiger partial charge in [0, 0.05) is 5.92 Å². The zero-order valence-electron chi connectivity index (χ0n) is 12.3. The monoisotopic (exact) mass is 350 g/mol. The van der Waals surface area contributed by atoms with Crippen molar-refractivity contribution in [3.05, 3.63) is 54.3 Å². The Balaban J connectivity index is 1.99. The van der Waals surface area contributed by atoms with Crippen molar-refractivity contribution in [1.82, 2.24) is 0 Å². The predicted octanol–water partition coefficient (Wildman–Crippen LogP) is 4.81. The fraction of sp³-hybridized carbons (Fsp3) is 0.500. The van der Waals surface area contributed by atoms with Gasteiger partial charge in [0.25, 0.3) is 0 Å². The SMILES string of the molecule is C=C=CCO[C@H](CBr)O[C@@H]1CCCC[C@H]1c1ccccc1. The van der Waals surface area contributed by atoms with Gasteiger partial charge in [0.05, 0.1) is 18.0 Å². The van der Waals surface area contributed by atoms with E-state index in [9.17, 15) is 0 Å². The van der Waals surface area contributed by atoms with Gasteiger partial charge in [0.2, 0.25) is 0 Å². The Morgan fingerprint density at radius 2 is 2.05 bits per heavy atom. The van der Waals surface area contributed by atoms with Gasteiger partial charge in [-0.1, -0.05) is 65.7 Å². The maximum atomic E-state index is 6.22. The number of rotatable bonds is 7. The molecular formula is C18H23BrO2. The Bertz CT molecular complexity index is 454. The Kier molecular flexibility index (Phi) is 7.25. The molecular weight excluding hydrogens is 328 g/mol. The summed E-state index contributed by atoms with van der Waals surface area (Å²) in [5.41, 5.74) is 4.09. The molecule has 3 atom stereocenters. The highest BCUT2D eigenvalue weighted by Gasteiger charge is 2.29. The van der Waals surface area contributed by atoms with Gasteiger partial charge >= 0.3 is 0 Å². The van der Waals surface area contributed by atoms with Crippen molar-refractivity contribution in [3.8, 4) is 0 Å². The fourth-order valence-corrected chi connectivity index (χ4v) is 3.21. The topological polar surface area (TPSA) is 18.5 Å². The quantitative estimate of drug-likeness (QED) is 0.399. The lowest BCUT2D eigenvalue weighted by Gasteiger charge is -2.34. The Morgan fingerprint density at radius 3 is 2.76 bits per heavy atom. The predicted molar refractivity (Wildman–Crippen MR) is 89.8 cm³/mol. The minimum Gasteiger partial charge on any atom is -0.348 e. The van der Waals surface area contributed by atoms with E-state index < -0.39 is 0 Å². The summed E-state index contributed by atoms with van der Waals surface area (Å²) >= 11 is 3.47. The lowest BCUT2D eigenvalue weighted by Crippen LogP contribution is -2.32. The van der Waals surface area contributed by atoms with Gasteiger partial charge < -0.3 is 9.47 Å². The molecule has 0 amide bonds. The van der Waals surface area contributed by atoms with Crippen LogP contribution in [0.4, 0.5) is 0 Å². The van der Waals surface area contributed by atoms with E-state index in [0.29, 0.717) is 17.9 Å². The van der Waals surface area contributed by atoms with Crippen LogP contribution in [0.1, 0.15) is 37.2 Å². The molecule has 0 aromatic heterocycles. The van der Waals surface area contributed by atoms with Crippen LogP contribution in [0.25, 0.3) is 0 Å². The molecule has 1 aliphatic rings. The van der Waals surface area contributed by atoms with Crippen molar-refractivity contribution in [2.45, 2.75) is 44.0 Å². The minimum atomic E-state index is -0.219. The molecule has 0 unspecified atom stereocenters. The summed E-state index contributed by atoms with van der Waals surface area (Å²) in [5, 5.41) is 0.677. The number of ether oxygens (including phenoxy) is 2. The lowest BCUT2D eigenvalue weighted by atomic mass is 9.81. The van der Waals surface area contributed by atoms with Crippen LogP contribution >= 0.6 is 15.9 Å². The zero-order valence-corrected chi connectivity index (χ0v) is 13.9. The molecule has 0 N–H and O–H groups in total. The highest BCUT2D eigenvalue weighted by atomic mass is 79.9. The Hall–Kier alpha value is -0.860. The maximum absolute atomic E-state index is 6.22. The van der Waals surface area contributed by atoms with Crippen LogP contribution in [0.5, 0.6) is 0 Å². The van der Waals surface area contributed by atoms with Gasteiger partial charge in [-0.3, -0.25) is 0 Å². The summed E-state index contributed by atoms with van der Waals surface area (Å²) in [7, 11) is 0. The average Bonchev–Trinajstić information content (AvgIpc) is 2.55. The smallest absolute Gasteiger partial charge is 0.168 e. The molecule has 3 heteroatoms. The first-order valence-corrected chi connectivity index (χ1v) is 8.69. The number of halogens is 1. The number of hydrogen-bond acceptors (Lipinski definition) is 2. The molecule has 0 heterocycles.